The second-order valence-corrected chi connectivity index (χ2v) is 16.6. The fraction of sp³-hybridized carbons (Fsp3) is 0.575. The van der Waals surface area contributed by atoms with E-state index in [9.17, 15) is 78.3 Å². The molecule has 0 bridgehead atoms. The summed E-state index contributed by atoms with van der Waals surface area (Å²) in [6.45, 7) is 0.187. The Morgan fingerprint density at radius 2 is 1.19 bits per heavy atom. The van der Waals surface area contributed by atoms with E-state index in [1.807, 2.05) is 6.07 Å². The van der Waals surface area contributed by atoms with Crippen molar-refractivity contribution in [2.45, 2.75) is 127 Å². The molecule has 1 saturated carbocycles. The molecule has 4 atom stereocenters. The third kappa shape index (κ3) is 17.8. The monoisotopic (exact) mass is 1020 g/mol. The zero-order valence-corrected chi connectivity index (χ0v) is 36.8. The van der Waals surface area contributed by atoms with Crippen molar-refractivity contribution < 1.29 is 83.1 Å². The smallest absolute Gasteiger partial charge is 0.336 e. The normalized spacial score (nSPS) is 17.9. The van der Waals surface area contributed by atoms with E-state index < -0.39 is 140 Å². The number of benzene rings is 1. The van der Waals surface area contributed by atoms with Gasteiger partial charge in [-0.05, 0) is 105 Å². The Hall–Kier alpha value is -5.76. The first-order valence-electron chi connectivity index (χ1n) is 20.6. The zero-order valence-electron chi connectivity index (χ0n) is 34.6. The summed E-state index contributed by atoms with van der Waals surface area (Å²) in [4.78, 5) is 143. The number of rotatable bonds is 26. The number of aliphatic carboxylic acids is 3. The lowest BCUT2D eigenvalue weighted by Crippen LogP contribution is -2.58. The predicted octanol–water partition coefficient (Wildman–Crippen LogP) is -0.551. The number of carbonyl (C=O) groups excluding carboxylic acids is 8. The zero-order chi connectivity index (χ0) is 47.5. The second kappa shape index (κ2) is 26.1. The van der Waals surface area contributed by atoms with Crippen molar-refractivity contribution in [1.82, 2.24) is 31.6 Å². The molecular weight excluding hydrogens is 963 g/mol. The van der Waals surface area contributed by atoms with Crippen molar-refractivity contribution in [2.24, 2.45) is 11.8 Å². The van der Waals surface area contributed by atoms with Gasteiger partial charge in [-0.3, -0.25) is 43.2 Å². The Balaban J connectivity index is 1.65. The number of unbranched alkanes of at least 4 members (excludes halogenated alkanes) is 1. The third-order valence-corrected chi connectivity index (χ3v) is 11.1. The predicted molar refractivity (Wildman–Crippen MR) is 225 cm³/mol. The number of carboxylic acids is 3. The van der Waals surface area contributed by atoms with Gasteiger partial charge in [-0.1, -0.05) is 6.07 Å². The Labute approximate surface area is 379 Å². The van der Waals surface area contributed by atoms with Crippen LogP contribution in [0.4, 0.5) is 0 Å². The Kier molecular flexibility index (Phi) is 21.5. The van der Waals surface area contributed by atoms with Crippen LogP contribution in [0.3, 0.4) is 0 Å². The number of nitrogens with one attached hydrogen (secondary N) is 5. The molecule has 7 amide bonds. The van der Waals surface area contributed by atoms with E-state index in [0.717, 1.165) is 3.57 Å². The molecule has 1 aromatic carbocycles. The molecule has 1 aromatic rings. The number of hydrogen-bond donors (Lipinski definition) is 10. The van der Waals surface area contributed by atoms with Crippen LogP contribution < -0.4 is 26.6 Å². The van der Waals surface area contributed by atoms with Crippen LogP contribution in [-0.4, -0.2) is 133 Å². The lowest BCUT2D eigenvalue weighted by atomic mass is 9.81. The summed E-state index contributed by atoms with van der Waals surface area (Å²) in [5.74, 6) is -12.1. The van der Waals surface area contributed by atoms with Crippen molar-refractivity contribution in [1.29, 1.82) is 0 Å². The van der Waals surface area contributed by atoms with Gasteiger partial charge in [0, 0.05) is 53.7 Å². The summed E-state index contributed by atoms with van der Waals surface area (Å²) in [7, 11) is 0. The molecule has 2 aliphatic rings. The SMILES string of the molecule is O=C(O)CC[C@@H](NC(=O)[C@@H](CCC(O)O)NC(=O)[C@@H](CCC(=O)O)NC(=O)[C@H]1CC[C@H](C(=O)ON2C(=O)CCC2=O)CC1)C(=O)N[C@H](CCCCNC(=O)c1cccc(I)c1)C(=O)O. The highest BCUT2D eigenvalue weighted by molar-refractivity contribution is 14.1. The topological polar surface area (TPSA) is 362 Å². The molecule has 1 aliphatic heterocycles. The number of aliphatic hydroxyl groups excluding tert-OH is 1. The first kappa shape index (κ1) is 52.6. The molecule has 1 heterocycles. The van der Waals surface area contributed by atoms with Gasteiger partial charge in [-0.25, -0.2) is 9.59 Å². The molecule has 1 saturated heterocycles. The number of hydrogen-bond acceptors (Lipinski definition) is 14. The highest BCUT2D eigenvalue weighted by Crippen LogP contribution is 2.31. The third-order valence-electron chi connectivity index (χ3n) is 10.4. The molecule has 64 heavy (non-hydrogen) atoms. The molecule has 10 N–H and O–H groups in total. The maximum atomic E-state index is 13.7. The van der Waals surface area contributed by atoms with E-state index >= 15 is 0 Å². The van der Waals surface area contributed by atoms with Crippen LogP contribution in [0.1, 0.15) is 107 Å². The molecule has 3 rings (SSSR count). The molecule has 1 aliphatic carbocycles. The van der Waals surface area contributed by atoms with Gasteiger partial charge in [0.05, 0.1) is 5.92 Å². The number of halogens is 1. The quantitative estimate of drug-likeness (QED) is 0.0241. The van der Waals surface area contributed by atoms with Gasteiger partial charge < -0.3 is 57.0 Å². The van der Waals surface area contributed by atoms with Gasteiger partial charge in [-0.15, -0.1) is 5.06 Å². The van der Waals surface area contributed by atoms with E-state index in [2.05, 4.69) is 49.2 Å². The fourth-order valence-electron chi connectivity index (χ4n) is 6.84. The van der Waals surface area contributed by atoms with Crippen LogP contribution in [-0.2, 0) is 52.8 Å². The average molecular weight is 1020 g/mol. The van der Waals surface area contributed by atoms with E-state index in [1.54, 1.807) is 18.2 Å². The maximum absolute atomic E-state index is 13.7. The molecule has 0 unspecified atom stereocenters. The molecule has 352 valence electrons. The Bertz CT molecular complexity index is 1890. The standard InChI is InChI=1S/C40H53IN6O17/c41-24-5-3-4-23(20-24)34(56)42-19-2-1-6-28(39(61)62)46-38(60)27(13-18-33(54)55)45-37(59)26(12-17-32(52)53)44-36(58)25(11-16-31(50)51)43-35(57)21-7-9-22(10-8-21)40(63)64-47-29(48)14-15-30(47)49/h3-5,20-22,25-28,32,52-53H,1-2,6-19H2,(H,42,56)(H,43,57)(H,44,58)(H,45,59)(H,46,60)(H,50,51)(H,54,55)(H,61,62)/t21-,22-,25-,26-,27-,28-/m1/s1. The van der Waals surface area contributed by atoms with Crippen LogP contribution in [0, 0.1) is 15.4 Å². The van der Waals surface area contributed by atoms with Crippen molar-refractivity contribution in [3.05, 3.63) is 33.4 Å². The van der Waals surface area contributed by atoms with Crippen molar-refractivity contribution >= 4 is 87.8 Å². The van der Waals surface area contributed by atoms with Gasteiger partial charge >= 0.3 is 23.9 Å². The Morgan fingerprint density at radius 1 is 0.672 bits per heavy atom. The molecule has 23 nitrogen and oxygen atoms in total. The summed E-state index contributed by atoms with van der Waals surface area (Å²) in [5.41, 5.74) is 0.434. The van der Waals surface area contributed by atoms with Crippen molar-refractivity contribution in [2.75, 3.05) is 6.54 Å². The number of amides is 7. The molecule has 0 spiro atoms. The molecule has 2 fully saturated rings. The average Bonchev–Trinajstić information content (AvgIpc) is 3.56. The van der Waals surface area contributed by atoms with Gasteiger partial charge in [0.15, 0.2) is 6.29 Å². The highest BCUT2D eigenvalue weighted by atomic mass is 127. The lowest BCUT2D eigenvalue weighted by molar-refractivity contribution is -0.201. The number of hydroxylamine groups is 2. The minimum atomic E-state index is -1.99. The summed E-state index contributed by atoms with van der Waals surface area (Å²) in [6.07, 6.45) is -4.63. The number of imide groups is 1. The van der Waals surface area contributed by atoms with E-state index in [0.29, 0.717) is 17.0 Å². The number of aliphatic hydroxyl groups is 2. The van der Waals surface area contributed by atoms with Crippen LogP contribution in [0.2, 0.25) is 0 Å². The lowest BCUT2D eigenvalue weighted by Gasteiger charge is -2.29. The fourth-order valence-corrected chi connectivity index (χ4v) is 7.39. The van der Waals surface area contributed by atoms with Crippen LogP contribution in [0.5, 0.6) is 0 Å². The van der Waals surface area contributed by atoms with E-state index in [1.165, 1.54) is 0 Å². The summed E-state index contributed by atoms with van der Waals surface area (Å²) in [6, 6.07) is 0.422. The van der Waals surface area contributed by atoms with Crippen LogP contribution in [0.25, 0.3) is 0 Å². The van der Waals surface area contributed by atoms with Crippen molar-refractivity contribution in [3.63, 3.8) is 0 Å². The van der Waals surface area contributed by atoms with Gasteiger partial charge in [0.25, 0.3) is 17.7 Å². The molecule has 0 radical (unpaired) electrons. The van der Waals surface area contributed by atoms with Gasteiger partial charge in [-0.2, -0.15) is 0 Å². The number of carbonyl (C=O) groups is 11. The summed E-state index contributed by atoms with van der Waals surface area (Å²) < 4.78 is 0.853. The van der Waals surface area contributed by atoms with Crippen molar-refractivity contribution in [3.8, 4) is 0 Å². The van der Waals surface area contributed by atoms with E-state index in [4.69, 9.17) is 4.84 Å². The minimum absolute atomic E-state index is 0.0915. The molecule has 0 aromatic heterocycles. The van der Waals surface area contributed by atoms with Gasteiger partial charge in [0.1, 0.15) is 24.2 Å². The first-order valence-corrected chi connectivity index (χ1v) is 21.7. The van der Waals surface area contributed by atoms with Crippen LogP contribution >= 0.6 is 22.6 Å². The Morgan fingerprint density at radius 3 is 1.70 bits per heavy atom. The van der Waals surface area contributed by atoms with Crippen LogP contribution in [0.15, 0.2) is 24.3 Å². The number of carboxylic acid groups (broad SMARTS) is 3. The minimum Gasteiger partial charge on any atom is -0.481 e. The molecular formula is C40H53IN6O17. The second-order valence-electron chi connectivity index (χ2n) is 15.3. The highest BCUT2D eigenvalue weighted by Gasteiger charge is 2.38. The summed E-state index contributed by atoms with van der Waals surface area (Å²) >= 11 is 2.06. The molecule has 24 heteroatoms. The van der Waals surface area contributed by atoms with E-state index in [-0.39, 0.29) is 63.8 Å². The van der Waals surface area contributed by atoms with Gasteiger partial charge in [0.2, 0.25) is 23.6 Å². The first-order chi connectivity index (χ1) is 30.2. The largest absolute Gasteiger partial charge is 0.481 e. The summed E-state index contributed by atoms with van der Waals surface area (Å²) in [5, 5.41) is 60.1. The maximum Gasteiger partial charge on any atom is 0.336 e. The number of nitrogens with zero attached hydrogens (tertiary/aromatic N) is 1.